The number of amidine groups is 1. The molecule has 0 radical (unpaired) electrons. The van der Waals surface area contributed by atoms with E-state index in [2.05, 4.69) is 27.2 Å². The fraction of sp³-hybridized carbons (Fsp3) is 0.160. The lowest BCUT2D eigenvalue weighted by molar-refractivity contribution is -0.137. The minimum Gasteiger partial charge on any atom is -0.495 e. The Hall–Kier alpha value is -4.54. The summed E-state index contributed by atoms with van der Waals surface area (Å²) >= 11 is 0. The van der Waals surface area contributed by atoms with Gasteiger partial charge in [0, 0.05) is 31.0 Å². The highest BCUT2D eigenvalue weighted by molar-refractivity contribution is 6.01. The van der Waals surface area contributed by atoms with Crippen molar-refractivity contribution in [3.05, 3.63) is 90.3 Å². The molecule has 0 aliphatic heterocycles. The maximum absolute atomic E-state index is 13.1. The number of carbonyl (C=O) groups is 1. The van der Waals surface area contributed by atoms with Crippen LogP contribution in [0, 0.1) is 0 Å². The molecule has 8 nitrogen and oxygen atoms in total. The number of urea groups is 1. The molecule has 2 amide bonds. The molecule has 0 bridgehead atoms. The fourth-order valence-corrected chi connectivity index (χ4v) is 3.45. The lowest BCUT2D eigenvalue weighted by Gasteiger charge is -2.22. The third kappa shape index (κ3) is 6.53. The summed E-state index contributed by atoms with van der Waals surface area (Å²) in [5, 5.41) is 5.04. The van der Waals surface area contributed by atoms with Crippen molar-refractivity contribution < 1.29 is 22.7 Å². The third-order valence-corrected chi connectivity index (χ3v) is 5.06. The van der Waals surface area contributed by atoms with Crippen LogP contribution >= 0.6 is 0 Å². The van der Waals surface area contributed by atoms with Crippen molar-refractivity contribution in [1.82, 2.24) is 9.88 Å². The molecule has 3 rings (SSSR count). The van der Waals surface area contributed by atoms with E-state index in [4.69, 9.17) is 10.5 Å². The van der Waals surface area contributed by atoms with Crippen LogP contribution in [0.3, 0.4) is 0 Å². The molecular weight excluding hydrogens is 473 g/mol. The number of ether oxygens (including phenoxy) is 1. The van der Waals surface area contributed by atoms with Gasteiger partial charge in [0.1, 0.15) is 17.4 Å². The summed E-state index contributed by atoms with van der Waals surface area (Å²) in [5.41, 5.74) is 6.78. The van der Waals surface area contributed by atoms with Gasteiger partial charge in [0.15, 0.2) is 0 Å². The van der Waals surface area contributed by atoms with Crippen molar-refractivity contribution in [2.75, 3.05) is 30.5 Å². The summed E-state index contributed by atoms with van der Waals surface area (Å²) in [7, 11) is 2.95. The van der Waals surface area contributed by atoms with E-state index < -0.39 is 17.8 Å². The molecule has 0 aliphatic carbocycles. The number of carbonyl (C=O) groups excluding carboxylic acids is 1. The Bertz CT molecular complexity index is 1280. The number of pyridine rings is 1. The number of benzene rings is 2. The minimum atomic E-state index is -4.56. The maximum Gasteiger partial charge on any atom is 0.416 e. The average molecular weight is 499 g/mol. The molecule has 0 saturated heterocycles. The zero-order valence-corrected chi connectivity index (χ0v) is 19.6. The predicted molar refractivity (Wildman–Crippen MR) is 134 cm³/mol. The lowest BCUT2D eigenvalue weighted by Crippen LogP contribution is -2.26. The van der Waals surface area contributed by atoms with E-state index in [9.17, 15) is 18.0 Å². The van der Waals surface area contributed by atoms with Gasteiger partial charge in [-0.15, -0.1) is 0 Å². The molecule has 11 heteroatoms. The number of nitrogens with one attached hydrogen (secondary N) is 2. The van der Waals surface area contributed by atoms with E-state index in [-0.39, 0.29) is 11.4 Å². The van der Waals surface area contributed by atoms with Crippen molar-refractivity contribution in [2.45, 2.75) is 12.7 Å². The van der Waals surface area contributed by atoms with Crippen molar-refractivity contribution in [3.8, 4) is 5.75 Å². The summed E-state index contributed by atoms with van der Waals surface area (Å²) in [5.74, 6) is 1.07. The topological polar surface area (TPSA) is 105 Å². The van der Waals surface area contributed by atoms with Crippen LogP contribution in [-0.2, 0) is 12.7 Å². The standard InChI is InChI=1S/C25H25F3N6O2/c1-4-34(23(30-2)17-10-11-31-22(29)13-17)15-16-6-5-7-19(12-16)32-24(35)33-20-14-18(25(26,27)28)8-9-21(20)36-3/h4-14H,1,15H2,2-3H3,(H2,29,31)(H2,32,33,35). The van der Waals surface area contributed by atoms with E-state index in [1.807, 2.05) is 11.0 Å². The number of halogens is 3. The number of aromatic nitrogens is 1. The van der Waals surface area contributed by atoms with Crippen molar-refractivity contribution >= 4 is 29.1 Å². The van der Waals surface area contributed by atoms with Crippen LogP contribution in [-0.4, -0.2) is 35.9 Å². The largest absolute Gasteiger partial charge is 0.495 e. The normalized spacial score (nSPS) is 11.5. The van der Waals surface area contributed by atoms with E-state index >= 15 is 0 Å². The number of anilines is 3. The number of methoxy groups -OCH3 is 1. The first-order chi connectivity index (χ1) is 17.1. The first-order valence-electron chi connectivity index (χ1n) is 10.6. The first kappa shape index (κ1) is 26.1. The maximum atomic E-state index is 13.1. The molecule has 0 unspecified atom stereocenters. The molecule has 188 valence electrons. The molecule has 2 aromatic carbocycles. The van der Waals surface area contributed by atoms with Crippen LogP contribution in [0.5, 0.6) is 5.75 Å². The Morgan fingerprint density at radius 1 is 1.19 bits per heavy atom. The molecule has 3 aromatic rings. The van der Waals surface area contributed by atoms with Crippen molar-refractivity contribution in [1.29, 1.82) is 0 Å². The van der Waals surface area contributed by atoms with Crippen LogP contribution < -0.4 is 21.1 Å². The summed E-state index contributed by atoms with van der Waals surface area (Å²) in [6, 6.07) is 12.6. The Kier molecular flexibility index (Phi) is 8.15. The summed E-state index contributed by atoms with van der Waals surface area (Å²) in [4.78, 5) is 22.7. The van der Waals surface area contributed by atoms with E-state index in [0.717, 1.165) is 29.3 Å². The fourth-order valence-electron chi connectivity index (χ4n) is 3.45. The zero-order chi connectivity index (χ0) is 26.3. The number of nitrogens with two attached hydrogens (primary N) is 1. The molecule has 0 atom stereocenters. The molecule has 0 fully saturated rings. The number of nitrogens with zero attached hydrogens (tertiary/aromatic N) is 3. The Balaban J connectivity index is 1.75. The molecule has 4 N–H and O–H groups in total. The average Bonchev–Trinajstić information content (AvgIpc) is 2.83. The number of nitrogen functional groups attached to an aromatic ring is 1. The second-order valence-corrected chi connectivity index (χ2v) is 7.52. The monoisotopic (exact) mass is 498 g/mol. The lowest BCUT2D eigenvalue weighted by atomic mass is 10.1. The molecule has 36 heavy (non-hydrogen) atoms. The SMILES string of the molecule is C=CN(Cc1cccc(NC(=O)Nc2cc(C(F)(F)F)ccc2OC)c1)C(=NC)c1ccnc(N)c1. The number of hydrogen-bond donors (Lipinski definition) is 3. The number of hydrogen-bond acceptors (Lipinski definition) is 5. The van der Waals surface area contributed by atoms with Crippen LogP contribution in [0.15, 0.2) is 78.6 Å². The Morgan fingerprint density at radius 2 is 1.97 bits per heavy atom. The van der Waals surface area contributed by atoms with Crippen LogP contribution in [0.2, 0.25) is 0 Å². The molecule has 1 aromatic heterocycles. The quantitative estimate of drug-likeness (QED) is 0.301. The molecule has 0 spiro atoms. The highest BCUT2D eigenvalue weighted by Gasteiger charge is 2.31. The van der Waals surface area contributed by atoms with Gasteiger partial charge < -0.3 is 26.0 Å². The van der Waals surface area contributed by atoms with E-state index in [1.165, 1.54) is 7.11 Å². The predicted octanol–water partition coefficient (Wildman–Crippen LogP) is 5.36. The molecule has 0 saturated carbocycles. The zero-order valence-electron chi connectivity index (χ0n) is 19.6. The number of aliphatic imine (C=N–C) groups is 1. The van der Waals surface area contributed by atoms with Gasteiger partial charge in [-0.2, -0.15) is 13.2 Å². The van der Waals surface area contributed by atoms with Crippen LogP contribution in [0.4, 0.5) is 35.2 Å². The third-order valence-electron chi connectivity index (χ3n) is 5.06. The smallest absolute Gasteiger partial charge is 0.416 e. The Labute approximate surface area is 206 Å². The second kappa shape index (κ2) is 11.3. The highest BCUT2D eigenvalue weighted by Crippen LogP contribution is 2.35. The van der Waals surface area contributed by atoms with Gasteiger partial charge in [-0.05, 0) is 54.2 Å². The summed E-state index contributed by atoms with van der Waals surface area (Å²) < 4.78 is 44.3. The number of alkyl halides is 3. The van der Waals surface area contributed by atoms with Crippen molar-refractivity contribution in [2.24, 2.45) is 4.99 Å². The molecular formula is C25H25F3N6O2. The van der Waals surface area contributed by atoms with Crippen LogP contribution in [0.25, 0.3) is 0 Å². The minimum absolute atomic E-state index is 0.0941. The number of rotatable bonds is 7. The van der Waals surface area contributed by atoms with Crippen molar-refractivity contribution in [3.63, 3.8) is 0 Å². The first-order valence-corrected chi connectivity index (χ1v) is 10.6. The van der Waals surface area contributed by atoms with Gasteiger partial charge in [-0.25, -0.2) is 9.78 Å². The van der Waals surface area contributed by atoms with Gasteiger partial charge in [-0.3, -0.25) is 4.99 Å². The highest BCUT2D eigenvalue weighted by atomic mass is 19.4. The van der Waals surface area contributed by atoms with Gasteiger partial charge in [0.25, 0.3) is 0 Å². The number of amides is 2. The summed E-state index contributed by atoms with van der Waals surface area (Å²) in [6.07, 6.45) is -1.36. The van der Waals surface area contributed by atoms with E-state index in [1.54, 1.807) is 49.8 Å². The van der Waals surface area contributed by atoms with Gasteiger partial charge in [-0.1, -0.05) is 18.7 Å². The van der Waals surface area contributed by atoms with Gasteiger partial charge in [0.2, 0.25) is 0 Å². The van der Waals surface area contributed by atoms with E-state index in [0.29, 0.717) is 23.9 Å². The second-order valence-electron chi connectivity index (χ2n) is 7.52. The summed E-state index contributed by atoms with van der Waals surface area (Å²) in [6.45, 7) is 4.23. The Morgan fingerprint density at radius 3 is 2.61 bits per heavy atom. The van der Waals surface area contributed by atoms with Crippen LogP contribution in [0.1, 0.15) is 16.7 Å². The molecule has 1 heterocycles. The molecule has 0 aliphatic rings. The van der Waals surface area contributed by atoms with Gasteiger partial charge in [0.05, 0.1) is 18.4 Å². The van der Waals surface area contributed by atoms with Gasteiger partial charge >= 0.3 is 12.2 Å².